The number of alkyl halides is 4. The molecule has 0 saturated heterocycles. The van der Waals surface area contributed by atoms with E-state index in [9.17, 15) is 22.0 Å². The highest BCUT2D eigenvalue weighted by atomic mass is 19.4. The predicted octanol–water partition coefficient (Wildman–Crippen LogP) is 3.91. The van der Waals surface area contributed by atoms with Gasteiger partial charge in [-0.3, -0.25) is 0 Å². The van der Waals surface area contributed by atoms with Crippen LogP contribution in [0.25, 0.3) is 0 Å². The summed E-state index contributed by atoms with van der Waals surface area (Å²) in [5.41, 5.74) is 2.40. The Labute approximate surface area is 107 Å². The topological polar surface area (TPSA) is 26.0 Å². The normalized spacial score (nSPS) is 28.4. The van der Waals surface area contributed by atoms with Crippen molar-refractivity contribution < 1.29 is 22.0 Å². The standard InChI is InChI=1S/C13H14F5N/c14-11-6-8(3-4-10(11)13(16,17)18)12(15)5-1-2-9(19)7-12/h3-4,6,9H,1-2,5,7,19H2. The van der Waals surface area contributed by atoms with E-state index in [1.165, 1.54) is 0 Å². The maximum atomic E-state index is 14.6. The van der Waals surface area contributed by atoms with Crippen molar-refractivity contribution in [3.8, 4) is 0 Å². The summed E-state index contributed by atoms with van der Waals surface area (Å²) in [6, 6.07) is 1.89. The van der Waals surface area contributed by atoms with Crippen molar-refractivity contribution in [3.05, 3.63) is 35.1 Å². The molecule has 0 aromatic heterocycles. The van der Waals surface area contributed by atoms with Crippen LogP contribution in [0.3, 0.4) is 0 Å². The molecule has 2 rings (SSSR count). The van der Waals surface area contributed by atoms with Crippen LogP contribution in [0.2, 0.25) is 0 Å². The SMILES string of the molecule is NC1CCCC(F)(c2ccc(C(F)(F)F)c(F)c2)C1. The third kappa shape index (κ3) is 2.88. The minimum absolute atomic E-state index is 0.0117. The van der Waals surface area contributed by atoms with Gasteiger partial charge in [0.1, 0.15) is 11.5 Å². The Bertz CT molecular complexity index is 471. The lowest BCUT2D eigenvalue weighted by atomic mass is 9.79. The van der Waals surface area contributed by atoms with Crippen LogP contribution in [0.4, 0.5) is 22.0 Å². The van der Waals surface area contributed by atoms with Gasteiger partial charge in [0.2, 0.25) is 0 Å². The lowest BCUT2D eigenvalue weighted by Gasteiger charge is -2.33. The fraction of sp³-hybridized carbons (Fsp3) is 0.538. The second-order valence-electron chi connectivity index (χ2n) is 5.01. The van der Waals surface area contributed by atoms with E-state index < -0.39 is 23.2 Å². The average molecular weight is 279 g/mol. The maximum Gasteiger partial charge on any atom is 0.419 e. The zero-order valence-electron chi connectivity index (χ0n) is 10.1. The molecule has 1 saturated carbocycles. The summed E-state index contributed by atoms with van der Waals surface area (Å²) in [7, 11) is 0. The van der Waals surface area contributed by atoms with Gasteiger partial charge < -0.3 is 5.73 Å². The van der Waals surface area contributed by atoms with Gasteiger partial charge in [-0.25, -0.2) is 8.78 Å². The van der Waals surface area contributed by atoms with Crippen LogP contribution in [0.5, 0.6) is 0 Å². The Hall–Kier alpha value is -1.17. The summed E-state index contributed by atoms with van der Waals surface area (Å²) < 4.78 is 65.4. The van der Waals surface area contributed by atoms with Crippen molar-refractivity contribution in [1.29, 1.82) is 0 Å². The molecule has 1 fully saturated rings. The Morgan fingerprint density at radius 2 is 1.95 bits per heavy atom. The number of rotatable bonds is 1. The summed E-state index contributed by atoms with van der Waals surface area (Å²) in [5, 5.41) is 0. The second kappa shape index (κ2) is 4.74. The molecule has 2 unspecified atom stereocenters. The van der Waals surface area contributed by atoms with E-state index in [4.69, 9.17) is 5.73 Å². The second-order valence-corrected chi connectivity index (χ2v) is 5.01. The number of hydrogen-bond acceptors (Lipinski definition) is 1. The summed E-state index contributed by atoms with van der Waals surface area (Å²) in [5.74, 6) is -1.44. The smallest absolute Gasteiger partial charge is 0.328 e. The number of halogens is 5. The highest BCUT2D eigenvalue weighted by Crippen LogP contribution is 2.42. The first-order chi connectivity index (χ1) is 8.72. The molecule has 106 valence electrons. The van der Waals surface area contributed by atoms with Crippen molar-refractivity contribution in [2.45, 2.75) is 43.6 Å². The fourth-order valence-corrected chi connectivity index (χ4v) is 2.55. The van der Waals surface area contributed by atoms with Crippen molar-refractivity contribution in [1.82, 2.24) is 0 Å². The van der Waals surface area contributed by atoms with Crippen LogP contribution in [0.15, 0.2) is 18.2 Å². The maximum absolute atomic E-state index is 14.6. The molecular formula is C13H14F5N. The first kappa shape index (κ1) is 14.2. The average Bonchev–Trinajstić information content (AvgIpc) is 2.26. The van der Waals surface area contributed by atoms with Gasteiger partial charge in [0.15, 0.2) is 0 Å². The van der Waals surface area contributed by atoms with E-state index in [2.05, 4.69) is 0 Å². The highest BCUT2D eigenvalue weighted by Gasteiger charge is 2.39. The first-order valence-corrected chi connectivity index (χ1v) is 6.04. The van der Waals surface area contributed by atoms with Crippen LogP contribution in [0, 0.1) is 5.82 Å². The van der Waals surface area contributed by atoms with Gasteiger partial charge in [-0.05, 0) is 37.0 Å². The van der Waals surface area contributed by atoms with Crippen LogP contribution in [0.1, 0.15) is 36.8 Å². The van der Waals surface area contributed by atoms with E-state index in [0.717, 1.165) is 6.07 Å². The van der Waals surface area contributed by atoms with Crippen molar-refractivity contribution in [2.24, 2.45) is 5.73 Å². The van der Waals surface area contributed by atoms with Gasteiger partial charge in [0, 0.05) is 12.5 Å². The molecule has 2 atom stereocenters. The van der Waals surface area contributed by atoms with Gasteiger partial charge in [0.25, 0.3) is 0 Å². The molecule has 1 aromatic carbocycles. The minimum Gasteiger partial charge on any atom is -0.328 e. The molecule has 6 heteroatoms. The molecular weight excluding hydrogens is 265 g/mol. The van der Waals surface area contributed by atoms with Gasteiger partial charge in [0.05, 0.1) is 5.56 Å². The molecule has 0 aliphatic heterocycles. The van der Waals surface area contributed by atoms with Crippen molar-refractivity contribution in [3.63, 3.8) is 0 Å². The van der Waals surface area contributed by atoms with E-state index in [1.54, 1.807) is 0 Å². The Balaban J connectivity index is 2.34. The summed E-state index contributed by atoms with van der Waals surface area (Å²) in [6.07, 6.45) is -3.38. The zero-order chi connectivity index (χ0) is 14.3. The number of benzene rings is 1. The van der Waals surface area contributed by atoms with Gasteiger partial charge >= 0.3 is 6.18 Å². The van der Waals surface area contributed by atoms with Crippen LogP contribution < -0.4 is 5.73 Å². The molecule has 1 aliphatic rings. The molecule has 19 heavy (non-hydrogen) atoms. The van der Waals surface area contributed by atoms with E-state index in [1.807, 2.05) is 0 Å². The summed E-state index contributed by atoms with van der Waals surface area (Å²) in [6.45, 7) is 0. The van der Waals surface area contributed by atoms with Crippen LogP contribution in [-0.4, -0.2) is 6.04 Å². The molecule has 1 nitrogen and oxygen atoms in total. The minimum atomic E-state index is -4.77. The summed E-state index contributed by atoms with van der Waals surface area (Å²) in [4.78, 5) is 0. The zero-order valence-corrected chi connectivity index (χ0v) is 10.1. The third-order valence-corrected chi connectivity index (χ3v) is 3.53. The van der Waals surface area contributed by atoms with Crippen molar-refractivity contribution in [2.75, 3.05) is 0 Å². The van der Waals surface area contributed by atoms with E-state index >= 15 is 0 Å². The third-order valence-electron chi connectivity index (χ3n) is 3.53. The highest BCUT2D eigenvalue weighted by molar-refractivity contribution is 5.31. The van der Waals surface area contributed by atoms with Crippen LogP contribution >= 0.6 is 0 Å². The number of hydrogen-bond donors (Lipinski definition) is 1. The quantitative estimate of drug-likeness (QED) is 0.775. The fourth-order valence-electron chi connectivity index (χ4n) is 2.55. The molecule has 0 radical (unpaired) electrons. The molecule has 1 aromatic rings. The molecule has 2 N–H and O–H groups in total. The van der Waals surface area contributed by atoms with Crippen LogP contribution in [-0.2, 0) is 11.8 Å². The lowest BCUT2D eigenvalue weighted by Crippen LogP contribution is -2.36. The Morgan fingerprint density at radius 3 is 2.47 bits per heavy atom. The van der Waals surface area contributed by atoms with Gasteiger partial charge in [-0.2, -0.15) is 13.2 Å². The van der Waals surface area contributed by atoms with E-state index in [-0.39, 0.29) is 24.4 Å². The lowest BCUT2D eigenvalue weighted by molar-refractivity contribution is -0.140. The van der Waals surface area contributed by atoms with Gasteiger partial charge in [-0.15, -0.1) is 0 Å². The molecule has 0 heterocycles. The monoisotopic (exact) mass is 279 g/mol. The largest absolute Gasteiger partial charge is 0.419 e. The first-order valence-electron chi connectivity index (χ1n) is 6.04. The van der Waals surface area contributed by atoms with E-state index in [0.29, 0.717) is 25.0 Å². The molecule has 0 bridgehead atoms. The Morgan fingerprint density at radius 1 is 1.26 bits per heavy atom. The van der Waals surface area contributed by atoms with Gasteiger partial charge in [-0.1, -0.05) is 6.07 Å². The molecule has 1 aliphatic carbocycles. The molecule has 0 spiro atoms. The molecule has 0 amide bonds. The Kier molecular flexibility index (Phi) is 3.55. The predicted molar refractivity (Wildman–Crippen MR) is 60.6 cm³/mol. The summed E-state index contributed by atoms with van der Waals surface area (Å²) >= 11 is 0. The van der Waals surface area contributed by atoms with Crippen molar-refractivity contribution >= 4 is 0 Å². The number of nitrogens with two attached hydrogens (primary N) is 1.